The average molecular weight is 334 g/mol. The van der Waals surface area contributed by atoms with Gasteiger partial charge in [-0.05, 0) is 60.6 Å². The van der Waals surface area contributed by atoms with Crippen LogP contribution >= 0.6 is 15.9 Å². The second-order valence-electron chi connectivity index (χ2n) is 6.84. The van der Waals surface area contributed by atoms with Gasteiger partial charge in [0.05, 0.1) is 0 Å². The predicted octanol–water partition coefficient (Wildman–Crippen LogP) is 3.70. The van der Waals surface area contributed by atoms with E-state index in [0.717, 1.165) is 34.7 Å². The molecule has 1 amide bonds. The number of amides is 1. The van der Waals surface area contributed by atoms with Crippen molar-refractivity contribution in [3.05, 3.63) is 34.3 Å². The van der Waals surface area contributed by atoms with Crippen molar-refractivity contribution in [2.24, 2.45) is 29.6 Å². The maximum Gasteiger partial charge on any atom is 0.226 e. The molecule has 0 heterocycles. The minimum Gasteiger partial charge on any atom is -0.341 e. The fourth-order valence-electron chi connectivity index (χ4n) is 4.90. The number of hydrogen-bond donors (Lipinski definition) is 0. The Morgan fingerprint density at radius 1 is 1.30 bits per heavy atom. The largest absolute Gasteiger partial charge is 0.341 e. The van der Waals surface area contributed by atoms with Crippen molar-refractivity contribution in [1.82, 2.24) is 4.90 Å². The fourth-order valence-corrected chi connectivity index (χ4v) is 5.34. The molecule has 3 aliphatic rings. The van der Waals surface area contributed by atoms with E-state index in [4.69, 9.17) is 0 Å². The minimum atomic E-state index is 0.360. The molecule has 3 heteroatoms. The maximum atomic E-state index is 12.6. The van der Waals surface area contributed by atoms with Crippen LogP contribution in [0.5, 0.6) is 0 Å². The van der Waals surface area contributed by atoms with E-state index in [1.54, 1.807) is 0 Å². The first kappa shape index (κ1) is 12.9. The van der Waals surface area contributed by atoms with Crippen LogP contribution in [0.15, 0.2) is 28.7 Å². The molecule has 106 valence electrons. The molecular weight excluding hydrogens is 314 g/mol. The van der Waals surface area contributed by atoms with E-state index in [2.05, 4.69) is 28.1 Å². The highest BCUT2D eigenvalue weighted by Crippen LogP contribution is 2.69. The number of hydrogen-bond acceptors (Lipinski definition) is 1. The summed E-state index contributed by atoms with van der Waals surface area (Å²) in [6, 6.07) is 8.24. The van der Waals surface area contributed by atoms with Crippen molar-refractivity contribution >= 4 is 21.8 Å². The number of nitrogens with zero attached hydrogens (tertiary/aromatic N) is 1. The van der Waals surface area contributed by atoms with Gasteiger partial charge in [-0.2, -0.15) is 0 Å². The number of rotatable bonds is 3. The molecule has 0 spiro atoms. The standard InChI is InChI=1S/C17H20BrNO/c1-19(9-10-3-2-4-13(18)7-10)17(20)16-14-11-5-6-12(8-11)15(14)16/h2-4,7,11-12,14-16H,5-6,8-9H2,1H3. The van der Waals surface area contributed by atoms with Crippen LogP contribution in [0.1, 0.15) is 24.8 Å². The molecule has 4 unspecified atom stereocenters. The van der Waals surface area contributed by atoms with Crippen molar-refractivity contribution in [1.29, 1.82) is 0 Å². The van der Waals surface area contributed by atoms with Crippen LogP contribution in [0.4, 0.5) is 0 Å². The first-order valence-corrected chi connectivity index (χ1v) is 8.44. The first-order valence-electron chi connectivity index (χ1n) is 7.64. The predicted molar refractivity (Wildman–Crippen MR) is 81.9 cm³/mol. The maximum absolute atomic E-state index is 12.6. The summed E-state index contributed by atoms with van der Waals surface area (Å²) in [6.45, 7) is 0.726. The van der Waals surface area contributed by atoms with Gasteiger partial charge in [-0.1, -0.05) is 28.1 Å². The van der Waals surface area contributed by atoms with Crippen LogP contribution in [-0.4, -0.2) is 17.9 Å². The van der Waals surface area contributed by atoms with E-state index in [-0.39, 0.29) is 0 Å². The Kier molecular flexibility index (Phi) is 2.95. The van der Waals surface area contributed by atoms with E-state index in [1.807, 2.05) is 24.1 Å². The molecule has 20 heavy (non-hydrogen) atoms. The van der Waals surface area contributed by atoms with E-state index < -0.39 is 0 Å². The normalized spacial score (nSPS) is 36.8. The molecule has 2 nitrogen and oxygen atoms in total. The van der Waals surface area contributed by atoms with Crippen LogP contribution in [0, 0.1) is 29.6 Å². The van der Waals surface area contributed by atoms with Gasteiger partial charge in [-0.25, -0.2) is 0 Å². The third-order valence-corrected chi connectivity index (χ3v) is 6.20. The van der Waals surface area contributed by atoms with Crippen LogP contribution in [0.25, 0.3) is 0 Å². The molecule has 3 aliphatic carbocycles. The summed E-state index contributed by atoms with van der Waals surface area (Å²) in [5, 5.41) is 0. The summed E-state index contributed by atoms with van der Waals surface area (Å²) in [6.07, 6.45) is 4.17. The molecule has 1 aromatic carbocycles. The number of carbonyl (C=O) groups is 1. The second-order valence-corrected chi connectivity index (χ2v) is 7.75. The number of halogens is 1. The quantitative estimate of drug-likeness (QED) is 0.825. The van der Waals surface area contributed by atoms with Gasteiger partial charge in [0.15, 0.2) is 0 Å². The summed E-state index contributed by atoms with van der Waals surface area (Å²) < 4.78 is 1.08. The van der Waals surface area contributed by atoms with Gasteiger partial charge in [0, 0.05) is 24.0 Å². The van der Waals surface area contributed by atoms with Gasteiger partial charge in [0.25, 0.3) is 0 Å². The molecule has 3 saturated carbocycles. The number of benzene rings is 1. The van der Waals surface area contributed by atoms with Crippen LogP contribution in [-0.2, 0) is 11.3 Å². The first-order chi connectivity index (χ1) is 9.65. The zero-order valence-corrected chi connectivity index (χ0v) is 13.3. The summed E-state index contributed by atoms with van der Waals surface area (Å²) in [7, 11) is 1.96. The zero-order chi connectivity index (χ0) is 13.9. The molecule has 0 aliphatic heterocycles. The molecule has 3 fully saturated rings. The Labute approximate surface area is 128 Å². The van der Waals surface area contributed by atoms with E-state index >= 15 is 0 Å². The number of carbonyl (C=O) groups excluding carboxylic acids is 1. The molecule has 0 N–H and O–H groups in total. The zero-order valence-electron chi connectivity index (χ0n) is 11.8. The van der Waals surface area contributed by atoms with Crippen LogP contribution in [0.3, 0.4) is 0 Å². The highest BCUT2D eigenvalue weighted by molar-refractivity contribution is 9.10. The van der Waals surface area contributed by atoms with E-state index in [1.165, 1.54) is 24.8 Å². The lowest BCUT2D eigenvalue weighted by Gasteiger charge is -2.19. The number of fused-ring (bicyclic) bond motifs is 5. The molecule has 4 rings (SSSR count). The molecular formula is C17H20BrNO. The van der Waals surface area contributed by atoms with Gasteiger partial charge >= 0.3 is 0 Å². The van der Waals surface area contributed by atoms with Gasteiger partial charge < -0.3 is 4.90 Å². The van der Waals surface area contributed by atoms with E-state index in [9.17, 15) is 4.79 Å². The Bertz CT molecular complexity index is 542. The van der Waals surface area contributed by atoms with Crippen molar-refractivity contribution in [2.45, 2.75) is 25.8 Å². The Hall–Kier alpha value is -0.830. The van der Waals surface area contributed by atoms with Crippen LogP contribution < -0.4 is 0 Å². The SMILES string of the molecule is CN(Cc1cccc(Br)c1)C(=O)C1C2C3CCC(C3)C12. The molecule has 0 aromatic heterocycles. The second kappa shape index (κ2) is 4.59. The highest BCUT2D eigenvalue weighted by atomic mass is 79.9. The van der Waals surface area contributed by atoms with Crippen molar-refractivity contribution < 1.29 is 4.79 Å². The molecule has 0 radical (unpaired) electrons. The smallest absolute Gasteiger partial charge is 0.226 e. The molecule has 4 atom stereocenters. The Morgan fingerprint density at radius 3 is 2.65 bits per heavy atom. The fraction of sp³-hybridized carbons (Fsp3) is 0.588. The molecule has 1 aromatic rings. The van der Waals surface area contributed by atoms with Gasteiger partial charge in [0.1, 0.15) is 0 Å². The van der Waals surface area contributed by atoms with Gasteiger partial charge in [0.2, 0.25) is 5.91 Å². The third-order valence-electron chi connectivity index (χ3n) is 5.71. The van der Waals surface area contributed by atoms with Gasteiger partial charge in [-0.3, -0.25) is 4.79 Å². The van der Waals surface area contributed by atoms with Crippen molar-refractivity contribution in [3.63, 3.8) is 0 Å². The lowest BCUT2D eigenvalue weighted by molar-refractivity contribution is -0.132. The Morgan fingerprint density at radius 2 is 2.00 bits per heavy atom. The van der Waals surface area contributed by atoms with Gasteiger partial charge in [-0.15, -0.1) is 0 Å². The lowest BCUT2D eigenvalue weighted by Crippen LogP contribution is -2.29. The summed E-state index contributed by atoms with van der Waals surface area (Å²) in [4.78, 5) is 14.6. The third kappa shape index (κ3) is 1.93. The van der Waals surface area contributed by atoms with E-state index in [0.29, 0.717) is 11.8 Å². The lowest BCUT2D eigenvalue weighted by atomic mass is 10.0. The Balaban J connectivity index is 1.42. The van der Waals surface area contributed by atoms with Crippen molar-refractivity contribution in [3.8, 4) is 0 Å². The highest BCUT2D eigenvalue weighted by Gasteiger charge is 2.67. The van der Waals surface area contributed by atoms with Crippen LogP contribution in [0.2, 0.25) is 0 Å². The molecule has 2 bridgehead atoms. The summed E-state index contributed by atoms with van der Waals surface area (Å²) in [5.74, 6) is 3.98. The summed E-state index contributed by atoms with van der Waals surface area (Å²) >= 11 is 3.49. The summed E-state index contributed by atoms with van der Waals surface area (Å²) in [5.41, 5.74) is 1.20. The van der Waals surface area contributed by atoms with Crippen molar-refractivity contribution in [2.75, 3.05) is 7.05 Å². The monoisotopic (exact) mass is 333 g/mol. The molecule has 0 saturated heterocycles. The minimum absolute atomic E-state index is 0.360. The average Bonchev–Trinajstić information content (AvgIpc) is 2.85. The topological polar surface area (TPSA) is 20.3 Å².